The van der Waals surface area contributed by atoms with Gasteiger partial charge in [-0.1, -0.05) is 13.8 Å². The van der Waals surface area contributed by atoms with Gasteiger partial charge in [0.25, 0.3) is 0 Å². The van der Waals surface area contributed by atoms with Gasteiger partial charge in [0.1, 0.15) is 18.1 Å². The number of carbonyl (C=O) groups excluding carboxylic acids is 3. The largest absolute Gasteiger partial charge is 0.481 e. The molecule has 0 saturated heterocycles. The number of aliphatic hydroxyl groups excluding tert-OH is 2. The maximum atomic E-state index is 12.6. The molecule has 13 heteroatoms. The molecule has 0 saturated carbocycles. The minimum absolute atomic E-state index is 0.0602. The van der Waals surface area contributed by atoms with Crippen molar-refractivity contribution in [2.75, 3.05) is 0 Å². The van der Waals surface area contributed by atoms with Crippen LogP contribution in [-0.4, -0.2) is 86.5 Å². The summed E-state index contributed by atoms with van der Waals surface area (Å²) in [5.41, 5.74) is 5.48. The Morgan fingerprint density at radius 1 is 0.774 bits per heavy atom. The van der Waals surface area contributed by atoms with Gasteiger partial charge in [0, 0.05) is 0 Å². The number of rotatable bonds is 13. The van der Waals surface area contributed by atoms with Crippen LogP contribution in [0.3, 0.4) is 0 Å². The summed E-state index contributed by atoms with van der Waals surface area (Å²) in [7, 11) is 0. The van der Waals surface area contributed by atoms with E-state index in [0.717, 1.165) is 0 Å². The lowest BCUT2D eigenvalue weighted by molar-refractivity contribution is -0.145. The van der Waals surface area contributed by atoms with Gasteiger partial charge in [0.15, 0.2) is 6.04 Å². The van der Waals surface area contributed by atoms with E-state index in [4.69, 9.17) is 15.9 Å². The van der Waals surface area contributed by atoms with E-state index in [2.05, 4.69) is 16.0 Å². The highest BCUT2D eigenvalue weighted by molar-refractivity contribution is 5.95. The van der Waals surface area contributed by atoms with E-state index in [0.29, 0.717) is 0 Å². The molecule has 6 atom stereocenters. The number of nitrogens with one attached hydrogen (secondary N) is 3. The van der Waals surface area contributed by atoms with Gasteiger partial charge < -0.3 is 42.1 Å². The predicted molar refractivity (Wildman–Crippen MR) is 106 cm³/mol. The zero-order valence-corrected chi connectivity index (χ0v) is 17.9. The van der Waals surface area contributed by atoms with E-state index >= 15 is 0 Å². The first kappa shape index (κ1) is 28.2. The molecule has 0 fully saturated rings. The number of nitrogens with two attached hydrogens (primary N) is 1. The molecule has 0 radical (unpaired) electrons. The molecule has 0 aromatic carbocycles. The van der Waals surface area contributed by atoms with Crippen molar-refractivity contribution in [1.82, 2.24) is 16.0 Å². The maximum Gasteiger partial charge on any atom is 0.328 e. The van der Waals surface area contributed by atoms with Crippen LogP contribution in [0.2, 0.25) is 0 Å². The fraction of sp³-hybridized carbons (Fsp3) is 0.722. The smallest absolute Gasteiger partial charge is 0.328 e. The quantitative estimate of drug-likeness (QED) is 0.144. The van der Waals surface area contributed by atoms with Gasteiger partial charge in [-0.05, 0) is 26.2 Å². The summed E-state index contributed by atoms with van der Waals surface area (Å²) in [6, 6.07) is -5.92. The molecular formula is C18H32N4O9. The minimum atomic E-state index is -1.63. The SMILES string of the molecule is CC(C)CC(NC(=O)C(CC(=O)O)NC(=O)C(N)C(C)O)C(=O)NC(C(=O)O)C(C)O. The molecule has 13 nitrogen and oxygen atoms in total. The molecule has 0 aromatic heterocycles. The highest BCUT2D eigenvalue weighted by Gasteiger charge is 2.33. The third-order valence-corrected chi connectivity index (χ3v) is 4.22. The number of carbonyl (C=O) groups is 5. The highest BCUT2D eigenvalue weighted by Crippen LogP contribution is 2.08. The summed E-state index contributed by atoms with van der Waals surface area (Å²) >= 11 is 0. The van der Waals surface area contributed by atoms with Crippen molar-refractivity contribution < 1.29 is 44.4 Å². The molecule has 31 heavy (non-hydrogen) atoms. The van der Waals surface area contributed by atoms with Gasteiger partial charge in [0.05, 0.1) is 18.6 Å². The zero-order valence-electron chi connectivity index (χ0n) is 17.9. The van der Waals surface area contributed by atoms with Crippen LogP contribution < -0.4 is 21.7 Å². The number of amides is 3. The van der Waals surface area contributed by atoms with Gasteiger partial charge in [-0.25, -0.2) is 4.79 Å². The van der Waals surface area contributed by atoms with Crippen LogP contribution in [0.25, 0.3) is 0 Å². The predicted octanol–water partition coefficient (Wildman–Crippen LogP) is -2.86. The molecule has 6 unspecified atom stereocenters. The van der Waals surface area contributed by atoms with E-state index in [1.807, 2.05) is 0 Å². The van der Waals surface area contributed by atoms with Crippen LogP contribution >= 0.6 is 0 Å². The second kappa shape index (κ2) is 12.8. The molecule has 0 spiro atoms. The Labute approximate surface area is 179 Å². The third kappa shape index (κ3) is 10.2. The standard InChI is InChI=1S/C18H32N4O9/c1-7(2)5-10(16(28)22-14(9(4)24)18(30)31)20-15(27)11(6-12(25)26)21-17(29)13(19)8(3)23/h7-11,13-14,23-24H,5-6,19H2,1-4H3,(H,20,27)(H,21,29)(H,22,28)(H,25,26)(H,30,31). The average Bonchev–Trinajstić information content (AvgIpc) is 2.62. The summed E-state index contributed by atoms with van der Waals surface area (Å²) in [5.74, 6) is -5.94. The van der Waals surface area contributed by atoms with E-state index < -0.39 is 72.5 Å². The minimum Gasteiger partial charge on any atom is -0.481 e. The van der Waals surface area contributed by atoms with Crippen LogP contribution in [-0.2, 0) is 24.0 Å². The zero-order chi connectivity index (χ0) is 24.5. The number of aliphatic hydroxyl groups is 2. The van der Waals surface area contributed by atoms with E-state index in [1.54, 1.807) is 13.8 Å². The summed E-state index contributed by atoms with van der Waals surface area (Å²) in [5, 5.41) is 43.6. The molecule has 0 heterocycles. The molecule has 0 aliphatic heterocycles. The van der Waals surface area contributed by atoms with Gasteiger partial charge >= 0.3 is 11.9 Å². The fourth-order valence-corrected chi connectivity index (χ4v) is 2.49. The van der Waals surface area contributed by atoms with Crippen LogP contribution in [0, 0.1) is 5.92 Å². The molecule has 0 aromatic rings. The van der Waals surface area contributed by atoms with Gasteiger partial charge in [-0.15, -0.1) is 0 Å². The molecule has 0 aliphatic rings. The summed E-state index contributed by atoms with van der Waals surface area (Å²) in [6.45, 7) is 5.86. The molecule has 0 aliphatic carbocycles. The first-order chi connectivity index (χ1) is 14.2. The number of hydrogen-bond acceptors (Lipinski definition) is 8. The van der Waals surface area contributed by atoms with Crippen molar-refractivity contribution in [3.63, 3.8) is 0 Å². The average molecular weight is 448 g/mol. The van der Waals surface area contributed by atoms with Gasteiger partial charge in [-0.2, -0.15) is 0 Å². The van der Waals surface area contributed by atoms with Crippen LogP contribution in [0.4, 0.5) is 0 Å². The van der Waals surface area contributed by atoms with Crippen LogP contribution in [0.15, 0.2) is 0 Å². The lowest BCUT2D eigenvalue weighted by atomic mass is 10.0. The summed E-state index contributed by atoms with van der Waals surface area (Å²) in [4.78, 5) is 59.5. The van der Waals surface area contributed by atoms with Crippen molar-refractivity contribution in [2.45, 2.75) is 76.9 Å². The normalized spacial score (nSPS) is 16.9. The molecule has 9 N–H and O–H groups in total. The Hall–Kier alpha value is -2.77. The van der Waals surface area contributed by atoms with Crippen molar-refractivity contribution in [1.29, 1.82) is 0 Å². The second-order valence-corrected chi connectivity index (χ2v) is 7.68. The number of aliphatic carboxylic acids is 2. The summed E-state index contributed by atoms with van der Waals surface area (Å²) < 4.78 is 0. The molecular weight excluding hydrogens is 416 g/mol. The molecule has 0 rings (SSSR count). The lowest BCUT2D eigenvalue weighted by Gasteiger charge is -2.26. The van der Waals surface area contributed by atoms with Crippen LogP contribution in [0.1, 0.15) is 40.5 Å². The van der Waals surface area contributed by atoms with Crippen molar-refractivity contribution in [2.24, 2.45) is 11.7 Å². The Morgan fingerprint density at radius 3 is 1.65 bits per heavy atom. The molecule has 178 valence electrons. The number of carboxylic acids is 2. The Morgan fingerprint density at radius 2 is 1.26 bits per heavy atom. The lowest BCUT2D eigenvalue weighted by Crippen LogP contribution is -2.59. The van der Waals surface area contributed by atoms with Crippen molar-refractivity contribution >= 4 is 29.7 Å². The molecule has 3 amide bonds. The van der Waals surface area contributed by atoms with Gasteiger partial charge in [0.2, 0.25) is 17.7 Å². The van der Waals surface area contributed by atoms with E-state index in [-0.39, 0.29) is 12.3 Å². The van der Waals surface area contributed by atoms with E-state index in [1.165, 1.54) is 13.8 Å². The summed E-state index contributed by atoms with van der Waals surface area (Å²) in [6.07, 6.45) is -3.45. The second-order valence-electron chi connectivity index (χ2n) is 7.68. The topological polar surface area (TPSA) is 228 Å². The van der Waals surface area contributed by atoms with Crippen LogP contribution in [0.5, 0.6) is 0 Å². The molecule has 0 bridgehead atoms. The Balaban J connectivity index is 5.54. The Kier molecular flexibility index (Phi) is 11.7. The third-order valence-electron chi connectivity index (χ3n) is 4.22. The van der Waals surface area contributed by atoms with Crippen molar-refractivity contribution in [3.8, 4) is 0 Å². The Bertz CT molecular complexity index is 666. The van der Waals surface area contributed by atoms with Gasteiger partial charge in [-0.3, -0.25) is 19.2 Å². The maximum absolute atomic E-state index is 12.6. The fourth-order valence-electron chi connectivity index (χ4n) is 2.49. The van der Waals surface area contributed by atoms with Crippen molar-refractivity contribution in [3.05, 3.63) is 0 Å². The number of carboxylic acid groups (broad SMARTS) is 2. The first-order valence-electron chi connectivity index (χ1n) is 9.64. The van der Waals surface area contributed by atoms with E-state index in [9.17, 15) is 34.2 Å². The monoisotopic (exact) mass is 448 g/mol. The first-order valence-corrected chi connectivity index (χ1v) is 9.64. The highest BCUT2D eigenvalue weighted by atomic mass is 16.4. The number of hydrogen-bond donors (Lipinski definition) is 8.